The van der Waals surface area contributed by atoms with Crippen molar-refractivity contribution in [2.75, 3.05) is 19.7 Å². The third-order valence-electron chi connectivity index (χ3n) is 3.17. The predicted octanol–water partition coefficient (Wildman–Crippen LogP) is 1.62. The first-order valence-corrected chi connectivity index (χ1v) is 6.44. The molecule has 1 aromatic carbocycles. The molecule has 0 radical (unpaired) electrons. The molecule has 2 rings (SSSR count). The van der Waals surface area contributed by atoms with E-state index in [2.05, 4.69) is 29.3 Å². The van der Waals surface area contributed by atoms with Gasteiger partial charge < -0.3 is 15.8 Å². The van der Waals surface area contributed by atoms with Crippen LogP contribution in [0.4, 0.5) is 0 Å². The number of nitrogens with one attached hydrogen (secondary N) is 1. The maximum absolute atomic E-state index is 5.83. The minimum atomic E-state index is 0.203. The van der Waals surface area contributed by atoms with E-state index in [-0.39, 0.29) is 6.04 Å². The van der Waals surface area contributed by atoms with Crippen LogP contribution in [0.2, 0.25) is 0 Å². The van der Waals surface area contributed by atoms with Gasteiger partial charge in [0.05, 0.1) is 6.61 Å². The Morgan fingerprint density at radius 1 is 1.50 bits per heavy atom. The molecule has 3 heteroatoms. The molecule has 0 aliphatic carbocycles. The first-order valence-electron chi connectivity index (χ1n) is 6.44. The van der Waals surface area contributed by atoms with Crippen molar-refractivity contribution in [2.45, 2.75) is 25.8 Å². The molecule has 0 aromatic heterocycles. The fourth-order valence-corrected chi connectivity index (χ4v) is 2.19. The van der Waals surface area contributed by atoms with E-state index in [1.165, 1.54) is 11.1 Å². The highest BCUT2D eigenvalue weighted by atomic mass is 16.5. The molecule has 0 spiro atoms. The molecule has 1 aliphatic heterocycles. The zero-order valence-corrected chi connectivity index (χ0v) is 10.8. The van der Waals surface area contributed by atoms with Crippen LogP contribution in [0.25, 0.3) is 0 Å². The fourth-order valence-electron chi connectivity index (χ4n) is 2.19. The van der Waals surface area contributed by atoms with Crippen LogP contribution < -0.4 is 15.8 Å². The van der Waals surface area contributed by atoms with Crippen molar-refractivity contribution >= 4 is 0 Å². The predicted molar refractivity (Wildman–Crippen MR) is 73.5 cm³/mol. The minimum absolute atomic E-state index is 0.203. The zero-order valence-electron chi connectivity index (χ0n) is 10.8. The lowest BCUT2D eigenvalue weighted by Crippen LogP contribution is -2.28. The van der Waals surface area contributed by atoms with Gasteiger partial charge >= 0.3 is 0 Å². The molecule has 3 N–H and O–H groups in total. The lowest BCUT2D eigenvalue weighted by atomic mass is 10.0. The Morgan fingerprint density at radius 2 is 2.39 bits per heavy atom. The summed E-state index contributed by atoms with van der Waals surface area (Å²) in [7, 11) is 0. The van der Waals surface area contributed by atoms with Crippen molar-refractivity contribution in [1.29, 1.82) is 0 Å². The van der Waals surface area contributed by atoms with Gasteiger partial charge in [0.15, 0.2) is 0 Å². The van der Waals surface area contributed by atoms with E-state index in [0.29, 0.717) is 6.54 Å². The highest BCUT2D eigenvalue weighted by Crippen LogP contribution is 2.27. The minimum Gasteiger partial charge on any atom is -0.493 e. The van der Waals surface area contributed by atoms with Gasteiger partial charge in [0.1, 0.15) is 5.75 Å². The van der Waals surface area contributed by atoms with Gasteiger partial charge in [-0.2, -0.15) is 0 Å². The molecule has 0 bridgehead atoms. The van der Waals surface area contributed by atoms with Crippen LogP contribution in [-0.4, -0.2) is 19.7 Å². The molecular weight excluding hydrogens is 224 g/mol. The topological polar surface area (TPSA) is 47.3 Å². The molecule has 3 nitrogen and oxygen atoms in total. The van der Waals surface area contributed by atoms with Crippen molar-refractivity contribution in [3.63, 3.8) is 0 Å². The van der Waals surface area contributed by atoms with Crippen molar-refractivity contribution < 1.29 is 4.74 Å². The molecule has 96 valence electrons. The van der Waals surface area contributed by atoms with Crippen molar-refractivity contribution in [3.05, 3.63) is 29.3 Å². The second kappa shape index (κ2) is 6.44. The summed E-state index contributed by atoms with van der Waals surface area (Å²) >= 11 is 0. The molecule has 1 heterocycles. The fraction of sp³-hybridized carbons (Fsp3) is 0.467. The van der Waals surface area contributed by atoms with Gasteiger partial charge in [0.25, 0.3) is 0 Å². The maximum atomic E-state index is 5.83. The Hall–Kier alpha value is -1.50. The summed E-state index contributed by atoms with van der Waals surface area (Å²) in [6.07, 6.45) is 1.86. The van der Waals surface area contributed by atoms with Gasteiger partial charge in [-0.1, -0.05) is 12.1 Å². The standard InChI is InChI=1S/C15H20N2O/c1-2-3-4-8-17-14(11-16)12-5-6-15-13(10-12)7-9-18-15/h5-6,10,14,17H,4,7-9,11,16H2,1H3. The molecule has 0 saturated carbocycles. The van der Waals surface area contributed by atoms with Crippen molar-refractivity contribution in [1.82, 2.24) is 5.32 Å². The van der Waals surface area contributed by atoms with Crippen LogP contribution in [-0.2, 0) is 6.42 Å². The van der Waals surface area contributed by atoms with Gasteiger partial charge in [-0.25, -0.2) is 0 Å². The third-order valence-corrected chi connectivity index (χ3v) is 3.17. The average Bonchev–Trinajstić information content (AvgIpc) is 2.86. The second-order valence-electron chi connectivity index (χ2n) is 4.38. The summed E-state index contributed by atoms with van der Waals surface area (Å²) in [5, 5.41) is 3.44. The van der Waals surface area contributed by atoms with E-state index in [4.69, 9.17) is 10.5 Å². The number of rotatable bonds is 5. The van der Waals surface area contributed by atoms with Crippen LogP contribution in [0.3, 0.4) is 0 Å². The largest absolute Gasteiger partial charge is 0.493 e. The van der Waals surface area contributed by atoms with Gasteiger partial charge in [0.2, 0.25) is 0 Å². The number of ether oxygens (including phenoxy) is 1. The summed E-state index contributed by atoms with van der Waals surface area (Å²) in [5.41, 5.74) is 8.37. The van der Waals surface area contributed by atoms with E-state index < -0.39 is 0 Å². The summed E-state index contributed by atoms with van der Waals surface area (Å²) in [6.45, 7) is 4.13. The van der Waals surface area contributed by atoms with Gasteiger partial charge in [-0.3, -0.25) is 0 Å². The summed E-state index contributed by atoms with van der Waals surface area (Å²) in [4.78, 5) is 0. The van der Waals surface area contributed by atoms with Gasteiger partial charge in [-0.05, 0) is 24.1 Å². The van der Waals surface area contributed by atoms with Crippen LogP contribution >= 0.6 is 0 Å². The smallest absolute Gasteiger partial charge is 0.122 e. The van der Waals surface area contributed by atoms with Gasteiger partial charge in [0, 0.05) is 32.0 Å². The second-order valence-corrected chi connectivity index (χ2v) is 4.38. The maximum Gasteiger partial charge on any atom is 0.122 e. The number of fused-ring (bicyclic) bond motifs is 1. The number of nitrogens with two attached hydrogens (primary N) is 1. The Labute approximate surface area is 109 Å². The van der Waals surface area contributed by atoms with Gasteiger partial charge in [-0.15, -0.1) is 11.8 Å². The molecule has 1 unspecified atom stereocenters. The normalized spacial score (nSPS) is 14.3. The highest BCUT2D eigenvalue weighted by molar-refractivity contribution is 5.40. The zero-order chi connectivity index (χ0) is 12.8. The van der Waals surface area contributed by atoms with E-state index in [1.54, 1.807) is 0 Å². The molecule has 0 fully saturated rings. The van der Waals surface area contributed by atoms with E-state index in [9.17, 15) is 0 Å². The number of hydrogen-bond acceptors (Lipinski definition) is 3. The first kappa shape index (κ1) is 12.9. The Bertz CT molecular complexity index is 459. The third kappa shape index (κ3) is 3.04. The van der Waals surface area contributed by atoms with Crippen LogP contribution in [0.15, 0.2) is 18.2 Å². The summed E-state index contributed by atoms with van der Waals surface area (Å²) < 4.78 is 5.51. The monoisotopic (exact) mass is 244 g/mol. The molecule has 1 atom stereocenters. The Morgan fingerprint density at radius 3 is 3.17 bits per heavy atom. The van der Waals surface area contributed by atoms with E-state index in [1.807, 2.05) is 13.0 Å². The van der Waals surface area contributed by atoms with Crippen molar-refractivity contribution in [3.8, 4) is 17.6 Å². The molecule has 18 heavy (non-hydrogen) atoms. The van der Waals surface area contributed by atoms with Crippen molar-refractivity contribution in [2.24, 2.45) is 5.73 Å². The summed E-state index contributed by atoms with van der Waals surface area (Å²) in [5.74, 6) is 6.96. The van der Waals surface area contributed by atoms with Crippen LogP contribution in [0, 0.1) is 11.8 Å². The van der Waals surface area contributed by atoms with E-state index in [0.717, 1.165) is 31.7 Å². The molecule has 1 aromatic rings. The van der Waals surface area contributed by atoms with Crippen LogP contribution in [0.1, 0.15) is 30.5 Å². The first-order chi connectivity index (χ1) is 8.85. The number of benzene rings is 1. The molecule has 0 saturated heterocycles. The Balaban J connectivity index is 2.00. The number of hydrogen-bond donors (Lipinski definition) is 2. The van der Waals surface area contributed by atoms with Crippen LogP contribution in [0.5, 0.6) is 5.75 Å². The average molecular weight is 244 g/mol. The summed E-state index contributed by atoms with van der Waals surface area (Å²) in [6, 6.07) is 6.56. The molecule has 1 aliphatic rings. The van der Waals surface area contributed by atoms with E-state index >= 15 is 0 Å². The molecule has 0 amide bonds. The lowest BCUT2D eigenvalue weighted by Gasteiger charge is -2.17. The lowest BCUT2D eigenvalue weighted by molar-refractivity contribution is 0.356. The quantitative estimate of drug-likeness (QED) is 0.611. The Kier molecular flexibility index (Phi) is 4.63. The highest BCUT2D eigenvalue weighted by Gasteiger charge is 2.15. The SMILES string of the molecule is CC#CCCNC(CN)c1ccc2c(c1)CCO2. The molecular formula is C15H20N2O.